The predicted molar refractivity (Wildman–Crippen MR) is 78.6 cm³/mol. The Morgan fingerprint density at radius 3 is 2.86 bits per heavy atom. The molecule has 6 heteroatoms. The molecule has 0 saturated heterocycles. The van der Waals surface area contributed by atoms with Gasteiger partial charge in [0.25, 0.3) is 0 Å². The number of hydrogen-bond donors (Lipinski definition) is 1. The molecule has 2 aromatic heterocycles. The zero-order valence-corrected chi connectivity index (χ0v) is 12.2. The number of imidazole rings is 1. The molecule has 22 heavy (non-hydrogen) atoms. The molecule has 3 aromatic rings. The lowest BCUT2D eigenvalue weighted by molar-refractivity contribution is 0.103. The van der Waals surface area contributed by atoms with Crippen LogP contribution >= 0.6 is 0 Å². The topological polar surface area (TPSA) is 67.5 Å². The maximum atomic E-state index is 13.5. The molecule has 0 radical (unpaired) electrons. The van der Waals surface area contributed by atoms with Crippen LogP contribution in [0.3, 0.4) is 0 Å². The largest absolute Gasteiger partial charge is 0.508 e. The van der Waals surface area contributed by atoms with Gasteiger partial charge in [-0.25, -0.2) is 14.4 Å². The van der Waals surface area contributed by atoms with Crippen LogP contribution in [0.1, 0.15) is 34.2 Å². The van der Waals surface area contributed by atoms with E-state index in [9.17, 15) is 14.3 Å². The van der Waals surface area contributed by atoms with Gasteiger partial charge in [0.05, 0.1) is 18.1 Å². The number of benzene rings is 1. The Bertz CT molecular complexity index is 886. The highest BCUT2D eigenvalue weighted by molar-refractivity contribution is 6.09. The van der Waals surface area contributed by atoms with Gasteiger partial charge in [0.15, 0.2) is 5.82 Å². The molecule has 0 atom stereocenters. The summed E-state index contributed by atoms with van der Waals surface area (Å²) >= 11 is 0. The molecule has 0 amide bonds. The fourth-order valence-corrected chi connectivity index (χ4v) is 2.38. The average molecular weight is 299 g/mol. The lowest BCUT2D eigenvalue weighted by Gasteiger charge is -2.05. The summed E-state index contributed by atoms with van der Waals surface area (Å²) in [5, 5.41) is 9.58. The molecule has 112 valence electrons. The van der Waals surface area contributed by atoms with Crippen LogP contribution in [-0.2, 0) is 6.42 Å². The van der Waals surface area contributed by atoms with Crippen molar-refractivity contribution in [2.45, 2.75) is 20.3 Å². The van der Waals surface area contributed by atoms with Crippen LogP contribution in [0.15, 0.2) is 30.6 Å². The summed E-state index contributed by atoms with van der Waals surface area (Å²) in [6.07, 6.45) is 2.80. The van der Waals surface area contributed by atoms with Crippen LogP contribution < -0.4 is 0 Å². The van der Waals surface area contributed by atoms with Gasteiger partial charge < -0.3 is 5.11 Å². The van der Waals surface area contributed by atoms with Gasteiger partial charge in [-0.1, -0.05) is 6.92 Å². The van der Waals surface area contributed by atoms with Crippen LogP contribution in [0.25, 0.3) is 5.78 Å². The Morgan fingerprint density at radius 2 is 2.18 bits per heavy atom. The number of halogens is 1. The van der Waals surface area contributed by atoms with Crippen molar-refractivity contribution < 1.29 is 14.3 Å². The molecule has 0 unspecified atom stereocenters. The lowest BCUT2D eigenvalue weighted by atomic mass is 10.0. The number of fused-ring (bicyclic) bond motifs is 1. The van der Waals surface area contributed by atoms with Gasteiger partial charge in [-0.2, -0.15) is 0 Å². The van der Waals surface area contributed by atoms with Crippen molar-refractivity contribution in [3.63, 3.8) is 0 Å². The summed E-state index contributed by atoms with van der Waals surface area (Å²) < 4.78 is 14.8. The highest BCUT2D eigenvalue weighted by Crippen LogP contribution is 2.21. The number of aryl methyl sites for hydroxylation is 2. The van der Waals surface area contributed by atoms with E-state index in [-0.39, 0.29) is 17.3 Å². The first-order valence-corrected chi connectivity index (χ1v) is 6.88. The Labute approximate surface area is 126 Å². The monoisotopic (exact) mass is 299 g/mol. The zero-order chi connectivity index (χ0) is 15.9. The highest BCUT2D eigenvalue weighted by Gasteiger charge is 2.21. The van der Waals surface area contributed by atoms with E-state index in [1.807, 2.05) is 6.92 Å². The number of carbonyl (C=O) groups is 1. The first-order chi connectivity index (χ1) is 10.5. The maximum Gasteiger partial charge on any atom is 0.234 e. The Hall–Kier alpha value is -2.76. The van der Waals surface area contributed by atoms with Gasteiger partial charge in [-0.15, -0.1) is 0 Å². The molecule has 0 bridgehead atoms. The van der Waals surface area contributed by atoms with Crippen LogP contribution in [-0.4, -0.2) is 25.3 Å². The number of phenols is 1. The zero-order valence-electron chi connectivity index (χ0n) is 12.2. The van der Waals surface area contributed by atoms with Crippen LogP contribution in [0.4, 0.5) is 4.39 Å². The van der Waals surface area contributed by atoms with Gasteiger partial charge in [-0.3, -0.25) is 9.20 Å². The van der Waals surface area contributed by atoms with E-state index in [2.05, 4.69) is 9.97 Å². The van der Waals surface area contributed by atoms with E-state index < -0.39 is 5.82 Å². The van der Waals surface area contributed by atoms with Crippen molar-refractivity contribution in [3.8, 4) is 5.75 Å². The summed E-state index contributed by atoms with van der Waals surface area (Å²) in [5.41, 5.74) is 1.88. The Kier molecular flexibility index (Phi) is 3.36. The van der Waals surface area contributed by atoms with E-state index in [0.29, 0.717) is 28.9 Å². The summed E-state index contributed by atoms with van der Waals surface area (Å²) in [6, 6.07) is 4.61. The fourth-order valence-electron chi connectivity index (χ4n) is 2.38. The van der Waals surface area contributed by atoms with Crippen molar-refractivity contribution in [2.24, 2.45) is 0 Å². The number of phenolic OH excluding ortho intramolecular Hbond substituents is 1. The third-order valence-corrected chi connectivity index (χ3v) is 3.53. The van der Waals surface area contributed by atoms with Gasteiger partial charge in [0.2, 0.25) is 11.6 Å². The SMILES string of the molecule is CCc1nc2ncc(F)cn2c1C(=O)c1ccc(O)c(C)c1. The van der Waals surface area contributed by atoms with Crippen molar-refractivity contribution in [1.29, 1.82) is 0 Å². The van der Waals surface area contributed by atoms with Crippen molar-refractivity contribution in [2.75, 3.05) is 0 Å². The van der Waals surface area contributed by atoms with Crippen molar-refractivity contribution in [1.82, 2.24) is 14.4 Å². The smallest absolute Gasteiger partial charge is 0.234 e. The minimum Gasteiger partial charge on any atom is -0.508 e. The third kappa shape index (κ3) is 2.22. The second kappa shape index (κ2) is 5.22. The summed E-state index contributed by atoms with van der Waals surface area (Å²) in [4.78, 5) is 21.0. The molecule has 3 rings (SSSR count). The maximum absolute atomic E-state index is 13.5. The molecule has 0 saturated carbocycles. The van der Waals surface area contributed by atoms with E-state index in [4.69, 9.17) is 0 Å². The molecule has 1 aromatic carbocycles. The second-order valence-corrected chi connectivity index (χ2v) is 5.03. The molecular formula is C16H14FN3O2. The van der Waals surface area contributed by atoms with E-state index in [0.717, 1.165) is 6.20 Å². The molecule has 0 aliphatic carbocycles. The molecule has 5 nitrogen and oxygen atoms in total. The van der Waals surface area contributed by atoms with Gasteiger partial charge in [0.1, 0.15) is 11.4 Å². The molecular weight excluding hydrogens is 285 g/mol. The highest BCUT2D eigenvalue weighted by atomic mass is 19.1. The summed E-state index contributed by atoms with van der Waals surface area (Å²) in [5.74, 6) is -0.404. The minimum atomic E-state index is -0.538. The molecule has 0 spiro atoms. The van der Waals surface area contributed by atoms with E-state index in [1.54, 1.807) is 13.0 Å². The summed E-state index contributed by atoms with van der Waals surface area (Å²) in [6.45, 7) is 3.58. The van der Waals surface area contributed by atoms with Gasteiger partial charge in [-0.05, 0) is 37.1 Å². The first kappa shape index (κ1) is 14.2. The average Bonchev–Trinajstić information content (AvgIpc) is 2.87. The second-order valence-electron chi connectivity index (χ2n) is 5.03. The standard InChI is InChI=1S/C16H14FN3O2/c1-3-12-14(20-8-11(17)7-18-16(20)19-12)15(22)10-4-5-13(21)9(2)6-10/h4-8,21H,3H2,1-2H3. The Morgan fingerprint density at radius 1 is 1.41 bits per heavy atom. The first-order valence-electron chi connectivity index (χ1n) is 6.88. The van der Waals surface area contributed by atoms with Gasteiger partial charge >= 0.3 is 0 Å². The number of hydrogen-bond acceptors (Lipinski definition) is 4. The van der Waals surface area contributed by atoms with Crippen LogP contribution in [0.2, 0.25) is 0 Å². The number of carbonyl (C=O) groups excluding carboxylic acids is 1. The number of nitrogens with zero attached hydrogens (tertiary/aromatic N) is 3. The van der Waals surface area contributed by atoms with Crippen LogP contribution in [0, 0.1) is 12.7 Å². The minimum absolute atomic E-state index is 0.123. The predicted octanol–water partition coefficient (Wildman–Crippen LogP) is 2.68. The molecule has 0 fully saturated rings. The lowest BCUT2D eigenvalue weighted by Crippen LogP contribution is -2.09. The number of rotatable bonds is 3. The van der Waals surface area contributed by atoms with Gasteiger partial charge in [0, 0.05) is 5.56 Å². The number of aromatic hydroxyl groups is 1. The quantitative estimate of drug-likeness (QED) is 0.755. The summed E-state index contributed by atoms with van der Waals surface area (Å²) in [7, 11) is 0. The fraction of sp³-hybridized carbons (Fsp3) is 0.188. The molecule has 2 heterocycles. The molecule has 0 aliphatic rings. The van der Waals surface area contributed by atoms with Crippen LogP contribution in [0.5, 0.6) is 5.75 Å². The number of aromatic nitrogens is 3. The third-order valence-electron chi connectivity index (χ3n) is 3.53. The van der Waals surface area contributed by atoms with Crippen molar-refractivity contribution >= 4 is 11.6 Å². The molecule has 1 N–H and O–H groups in total. The van der Waals surface area contributed by atoms with Crippen molar-refractivity contribution in [3.05, 3.63) is 58.9 Å². The molecule has 0 aliphatic heterocycles. The Balaban J connectivity index is 2.21. The normalized spacial score (nSPS) is 11.0. The van der Waals surface area contributed by atoms with E-state index in [1.165, 1.54) is 22.7 Å². The van der Waals surface area contributed by atoms with E-state index >= 15 is 0 Å². The number of ketones is 1.